The smallest absolute Gasteiger partial charge is 0.287 e. The second-order valence-electron chi connectivity index (χ2n) is 4.28. The Hall–Kier alpha value is -2.43. The van der Waals surface area contributed by atoms with Crippen LogP contribution in [0.25, 0.3) is 0 Å². The number of benzene rings is 1. The molecule has 5 nitrogen and oxygen atoms in total. The van der Waals surface area contributed by atoms with Gasteiger partial charge in [0.25, 0.3) is 5.91 Å². The lowest BCUT2D eigenvalue weighted by Crippen LogP contribution is -2.26. The van der Waals surface area contributed by atoms with Crippen LogP contribution in [0.3, 0.4) is 0 Å². The van der Waals surface area contributed by atoms with Gasteiger partial charge in [-0.2, -0.15) is 0 Å². The summed E-state index contributed by atoms with van der Waals surface area (Å²) in [5.74, 6) is 1.41. The standard InChI is InChI=1S/C15H17NO4/c1-10(16-15(17)14-5-4-8-20-14)12-9-11(18-2)6-7-13(12)19-3/h4-10H,1-3H3,(H,16,17)/t10-/m0/s1. The number of amides is 1. The van der Waals surface area contributed by atoms with Gasteiger partial charge in [-0.25, -0.2) is 0 Å². The van der Waals surface area contributed by atoms with Crippen LogP contribution in [0, 0.1) is 0 Å². The molecule has 1 amide bonds. The predicted octanol–water partition coefficient (Wildman–Crippen LogP) is 2.79. The van der Waals surface area contributed by atoms with Gasteiger partial charge in [-0.05, 0) is 37.3 Å². The van der Waals surface area contributed by atoms with Crippen LogP contribution in [0.1, 0.15) is 29.1 Å². The van der Waals surface area contributed by atoms with Crippen LogP contribution in [-0.2, 0) is 0 Å². The van der Waals surface area contributed by atoms with Gasteiger partial charge in [-0.1, -0.05) is 0 Å². The van der Waals surface area contributed by atoms with Gasteiger partial charge in [0.05, 0.1) is 26.5 Å². The van der Waals surface area contributed by atoms with E-state index in [2.05, 4.69) is 5.32 Å². The molecule has 0 aliphatic rings. The van der Waals surface area contributed by atoms with E-state index in [-0.39, 0.29) is 17.7 Å². The summed E-state index contributed by atoms with van der Waals surface area (Å²) in [6.07, 6.45) is 1.46. The number of methoxy groups -OCH3 is 2. The van der Waals surface area contributed by atoms with Crippen LogP contribution in [0.15, 0.2) is 41.0 Å². The molecule has 0 aliphatic carbocycles. The second kappa shape index (κ2) is 6.14. The highest BCUT2D eigenvalue weighted by molar-refractivity contribution is 5.91. The molecule has 2 rings (SSSR count). The van der Waals surface area contributed by atoms with E-state index < -0.39 is 0 Å². The minimum Gasteiger partial charge on any atom is -0.497 e. The van der Waals surface area contributed by atoms with Gasteiger partial charge in [0.1, 0.15) is 11.5 Å². The van der Waals surface area contributed by atoms with Gasteiger partial charge >= 0.3 is 0 Å². The molecular weight excluding hydrogens is 258 g/mol. The van der Waals surface area contributed by atoms with Gasteiger partial charge < -0.3 is 19.2 Å². The fourth-order valence-corrected chi connectivity index (χ4v) is 1.93. The van der Waals surface area contributed by atoms with E-state index in [0.29, 0.717) is 11.5 Å². The Morgan fingerprint density at radius 1 is 1.25 bits per heavy atom. The van der Waals surface area contributed by atoms with E-state index in [9.17, 15) is 4.79 Å². The molecule has 0 unspecified atom stereocenters. The Kier molecular flexibility index (Phi) is 4.30. The van der Waals surface area contributed by atoms with E-state index in [4.69, 9.17) is 13.9 Å². The van der Waals surface area contributed by atoms with E-state index in [1.54, 1.807) is 26.4 Å². The molecule has 20 heavy (non-hydrogen) atoms. The summed E-state index contributed by atoms with van der Waals surface area (Å²) in [6.45, 7) is 1.87. The summed E-state index contributed by atoms with van der Waals surface area (Å²) < 4.78 is 15.6. The number of carbonyl (C=O) groups is 1. The van der Waals surface area contributed by atoms with Crippen molar-refractivity contribution in [2.75, 3.05) is 14.2 Å². The third kappa shape index (κ3) is 2.93. The molecule has 0 fully saturated rings. The molecule has 1 heterocycles. The molecule has 0 aliphatic heterocycles. The average molecular weight is 275 g/mol. The van der Waals surface area contributed by atoms with Crippen molar-refractivity contribution in [3.63, 3.8) is 0 Å². The molecule has 1 aromatic heterocycles. The lowest BCUT2D eigenvalue weighted by atomic mass is 10.1. The highest BCUT2D eigenvalue weighted by atomic mass is 16.5. The Labute approximate surface area is 117 Å². The van der Waals surface area contributed by atoms with E-state index in [0.717, 1.165) is 5.56 Å². The number of rotatable bonds is 5. The van der Waals surface area contributed by atoms with Crippen LogP contribution >= 0.6 is 0 Å². The first-order valence-corrected chi connectivity index (χ1v) is 6.22. The molecule has 1 N–H and O–H groups in total. The van der Waals surface area contributed by atoms with Gasteiger partial charge in [-0.15, -0.1) is 0 Å². The lowest BCUT2D eigenvalue weighted by molar-refractivity contribution is 0.0911. The highest BCUT2D eigenvalue weighted by Gasteiger charge is 2.17. The molecule has 106 valence electrons. The summed E-state index contributed by atoms with van der Waals surface area (Å²) in [6, 6.07) is 8.51. The first-order chi connectivity index (χ1) is 9.65. The van der Waals surface area contributed by atoms with Crippen LogP contribution in [0.4, 0.5) is 0 Å². The zero-order valence-corrected chi connectivity index (χ0v) is 11.7. The second-order valence-corrected chi connectivity index (χ2v) is 4.28. The molecular formula is C15H17NO4. The summed E-state index contributed by atoms with van der Waals surface area (Å²) in [5, 5.41) is 2.86. The lowest BCUT2D eigenvalue weighted by Gasteiger charge is -2.17. The van der Waals surface area contributed by atoms with Crippen molar-refractivity contribution in [1.29, 1.82) is 0 Å². The molecule has 1 atom stereocenters. The minimum absolute atomic E-state index is 0.238. The minimum atomic E-state index is -0.271. The number of hydrogen-bond acceptors (Lipinski definition) is 4. The molecule has 5 heteroatoms. The van der Waals surface area contributed by atoms with Gasteiger partial charge in [-0.3, -0.25) is 4.79 Å². The number of hydrogen-bond donors (Lipinski definition) is 1. The summed E-state index contributed by atoms with van der Waals surface area (Å²) in [7, 11) is 3.18. The molecule has 0 saturated carbocycles. The quantitative estimate of drug-likeness (QED) is 0.911. The normalized spacial score (nSPS) is 11.8. The van der Waals surface area contributed by atoms with Crippen LogP contribution in [0.5, 0.6) is 11.5 Å². The summed E-state index contributed by atoms with van der Waals surface area (Å²) in [5.41, 5.74) is 0.840. The molecule has 0 saturated heterocycles. The van der Waals surface area contributed by atoms with E-state index in [1.807, 2.05) is 25.1 Å². The molecule has 0 spiro atoms. The van der Waals surface area contributed by atoms with Crippen LogP contribution in [0.2, 0.25) is 0 Å². The monoisotopic (exact) mass is 275 g/mol. The zero-order chi connectivity index (χ0) is 14.5. The molecule has 2 aromatic rings. The fraction of sp³-hybridized carbons (Fsp3) is 0.267. The maximum atomic E-state index is 12.0. The van der Waals surface area contributed by atoms with Gasteiger partial charge in [0, 0.05) is 5.56 Å². The number of ether oxygens (including phenoxy) is 2. The Morgan fingerprint density at radius 2 is 2.05 bits per heavy atom. The van der Waals surface area contributed by atoms with Crippen molar-refractivity contribution in [2.45, 2.75) is 13.0 Å². The average Bonchev–Trinajstić information content (AvgIpc) is 3.00. The first kappa shape index (κ1) is 14.0. The third-order valence-corrected chi connectivity index (χ3v) is 3.00. The number of furan rings is 1. The Morgan fingerprint density at radius 3 is 2.65 bits per heavy atom. The third-order valence-electron chi connectivity index (χ3n) is 3.00. The fourth-order valence-electron chi connectivity index (χ4n) is 1.93. The number of carbonyl (C=O) groups excluding carboxylic acids is 1. The molecule has 0 bridgehead atoms. The molecule has 1 aromatic carbocycles. The van der Waals surface area contributed by atoms with Crippen LogP contribution < -0.4 is 14.8 Å². The largest absolute Gasteiger partial charge is 0.497 e. The SMILES string of the molecule is COc1ccc(OC)c([C@H](C)NC(=O)c2ccco2)c1. The van der Waals surface area contributed by atoms with E-state index in [1.165, 1.54) is 6.26 Å². The number of nitrogens with one attached hydrogen (secondary N) is 1. The van der Waals surface area contributed by atoms with Crippen LogP contribution in [-0.4, -0.2) is 20.1 Å². The molecule has 0 radical (unpaired) electrons. The Bertz CT molecular complexity index is 578. The highest BCUT2D eigenvalue weighted by Crippen LogP contribution is 2.29. The Balaban J connectivity index is 2.19. The van der Waals surface area contributed by atoms with Crippen molar-refractivity contribution < 1.29 is 18.7 Å². The maximum absolute atomic E-state index is 12.0. The van der Waals surface area contributed by atoms with E-state index >= 15 is 0 Å². The zero-order valence-electron chi connectivity index (χ0n) is 11.7. The first-order valence-electron chi connectivity index (χ1n) is 6.22. The van der Waals surface area contributed by atoms with Crippen molar-refractivity contribution in [3.8, 4) is 11.5 Å². The van der Waals surface area contributed by atoms with Gasteiger partial charge in [0.2, 0.25) is 0 Å². The summed E-state index contributed by atoms with van der Waals surface area (Å²) >= 11 is 0. The van der Waals surface area contributed by atoms with Crippen molar-refractivity contribution in [2.24, 2.45) is 0 Å². The maximum Gasteiger partial charge on any atom is 0.287 e. The summed E-state index contributed by atoms with van der Waals surface area (Å²) in [4.78, 5) is 12.0. The predicted molar refractivity (Wildman–Crippen MR) is 74.1 cm³/mol. The topological polar surface area (TPSA) is 60.7 Å². The van der Waals surface area contributed by atoms with Crippen molar-refractivity contribution >= 4 is 5.91 Å². The van der Waals surface area contributed by atoms with Crippen molar-refractivity contribution in [1.82, 2.24) is 5.32 Å². The van der Waals surface area contributed by atoms with Gasteiger partial charge in [0.15, 0.2) is 5.76 Å². The van der Waals surface area contributed by atoms with Crippen molar-refractivity contribution in [3.05, 3.63) is 47.9 Å².